The fourth-order valence-corrected chi connectivity index (χ4v) is 5.12. The molecule has 0 fully saturated rings. The second kappa shape index (κ2) is 13.9. The Kier molecular flexibility index (Phi) is 9.58. The third-order valence-corrected chi connectivity index (χ3v) is 7.75. The molecule has 5 aromatic rings. The molecule has 0 bridgehead atoms. The van der Waals surface area contributed by atoms with Gasteiger partial charge in [0.2, 0.25) is 0 Å². The number of ether oxygens (including phenoxy) is 1. The van der Waals surface area contributed by atoms with Crippen molar-refractivity contribution >= 4 is 11.8 Å². The van der Waals surface area contributed by atoms with Crippen LogP contribution in [0.25, 0.3) is 22.3 Å². The van der Waals surface area contributed by atoms with E-state index in [0.717, 1.165) is 17.5 Å². The molecular weight excluding hydrogens is 535 g/mol. The third-order valence-electron chi connectivity index (χ3n) is 7.75. The van der Waals surface area contributed by atoms with Gasteiger partial charge in [-0.15, -0.1) is 0 Å². The summed E-state index contributed by atoms with van der Waals surface area (Å²) in [6.45, 7) is 3.95. The largest absolute Gasteiger partial charge is 0.426 e. The minimum absolute atomic E-state index is 0.102. The maximum Gasteiger partial charge on any atom is 0.318 e. The summed E-state index contributed by atoms with van der Waals surface area (Å²) in [6.07, 6.45) is 4.67. The predicted octanol–water partition coefficient (Wildman–Crippen LogP) is 9.83. The summed E-state index contributed by atoms with van der Waals surface area (Å²) in [6, 6.07) is 36.5. The van der Waals surface area contributed by atoms with E-state index in [1.54, 1.807) is 73.7 Å². The van der Waals surface area contributed by atoms with Gasteiger partial charge in [0.1, 0.15) is 11.6 Å². The standard InChI is InChI=1S/C39H35FO3/c1-3-4-6-10-28-15-17-29(18-16-28)33-21-24-36(37(40)26-33)30-19-22-35(23-20-30)43-39(42)27(2)32-13-9-14-34(25-32)38(41)31-11-7-5-8-12-31/h5,7-9,11-27H,3-4,6,10H2,1-2H3/t27-/m1/s1. The van der Waals surface area contributed by atoms with Gasteiger partial charge in [0, 0.05) is 16.7 Å². The van der Waals surface area contributed by atoms with E-state index < -0.39 is 11.9 Å². The first-order chi connectivity index (χ1) is 20.9. The third kappa shape index (κ3) is 7.34. The Morgan fingerprint density at radius 2 is 1.37 bits per heavy atom. The van der Waals surface area contributed by atoms with Crippen molar-refractivity contribution in [3.8, 4) is 28.0 Å². The Balaban J connectivity index is 1.23. The molecule has 4 heteroatoms. The SMILES string of the molecule is CCCCCc1ccc(-c2ccc(-c3ccc(OC(=O)[C@H](C)c4cccc(C(=O)c5ccccc5)c4)cc3)c(F)c2)cc1. The first-order valence-corrected chi connectivity index (χ1v) is 14.8. The topological polar surface area (TPSA) is 43.4 Å². The minimum atomic E-state index is -0.585. The van der Waals surface area contributed by atoms with Crippen molar-refractivity contribution in [3.05, 3.63) is 149 Å². The first kappa shape index (κ1) is 29.7. The van der Waals surface area contributed by atoms with Crippen molar-refractivity contribution in [3.63, 3.8) is 0 Å². The highest BCUT2D eigenvalue weighted by molar-refractivity contribution is 6.09. The van der Waals surface area contributed by atoms with Gasteiger partial charge in [-0.3, -0.25) is 9.59 Å². The molecule has 0 N–H and O–H groups in total. The maximum absolute atomic E-state index is 15.2. The molecule has 43 heavy (non-hydrogen) atoms. The first-order valence-electron chi connectivity index (χ1n) is 14.8. The molecule has 3 nitrogen and oxygen atoms in total. The van der Waals surface area contributed by atoms with Gasteiger partial charge in [0.05, 0.1) is 5.92 Å². The smallest absolute Gasteiger partial charge is 0.318 e. The molecule has 0 unspecified atom stereocenters. The number of hydrogen-bond donors (Lipinski definition) is 0. The van der Waals surface area contributed by atoms with Crippen molar-refractivity contribution in [2.75, 3.05) is 0 Å². The van der Waals surface area contributed by atoms with Gasteiger partial charge in [0.15, 0.2) is 5.78 Å². The highest BCUT2D eigenvalue weighted by Gasteiger charge is 2.20. The van der Waals surface area contributed by atoms with E-state index in [4.69, 9.17) is 4.74 Å². The van der Waals surface area contributed by atoms with Crippen LogP contribution in [0, 0.1) is 5.82 Å². The molecule has 0 aliphatic heterocycles. The monoisotopic (exact) mass is 570 g/mol. The predicted molar refractivity (Wildman–Crippen MR) is 171 cm³/mol. The molecule has 0 aromatic heterocycles. The summed E-state index contributed by atoms with van der Waals surface area (Å²) in [7, 11) is 0. The Morgan fingerprint density at radius 3 is 2.07 bits per heavy atom. The van der Waals surface area contributed by atoms with Crippen molar-refractivity contribution in [2.45, 2.75) is 45.4 Å². The van der Waals surface area contributed by atoms with Crippen molar-refractivity contribution < 1.29 is 18.7 Å². The molecule has 0 aliphatic carbocycles. The van der Waals surface area contributed by atoms with Crippen LogP contribution in [0.2, 0.25) is 0 Å². The quantitative estimate of drug-likeness (QED) is 0.0687. The van der Waals surface area contributed by atoms with Crippen LogP contribution in [-0.2, 0) is 11.2 Å². The van der Waals surface area contributed by atoms with Crippen LogP contribution in [0.1, 0.15) is 66.1 Å². The van der Waals surface area contributed by atoms with Gasteiger partial charge >= 0.3 is 5.97 Å². The molecule has 1 atom stereocenters. The lowest BCUT2D eigenvalue weighted by molar-refractivity contribution is -0.135. The molecule has 0 spiro atoms. The highest BCUT2D eigenvalue weighted by Crippen LogP contribution is 2.30. The number of ketones is 1. The number of rotatable bonds is 11. The summed E-state index contributed by atoms with van der Waals surface area (Å²) >= 11 is 0. The summed E-state index contributed by atoms with van der Waals surface area (Å²) in [5.74, 6) is -1.07. The van der Waals surface area contributed by atoms with Gasteiger partial charge in [-0.2, -0.15) is 0 Å². The fraction of sp³-hybridized carbons (Fsp3) is 0.179. The number of benzene rings is 5. The fourth-order valence-electron chi connectivity index (χ4n) is 5.12. The van der Waals surface area contributed by atoms with Gasteiger partial charge in [-0.1, -0.05) is 117 Å². The van der Waals surface area contributed by atoms with E-state index in [1.807, 2.05) is 30.3 Å². The number of carbonyl (C=O) groups is 2. The van der Waals surface area contributed by atoms with E-state index >= 15 is 4.39 Å². The number of esters is 1. The van der Waals surface area contributed by atoms with Crippen molar-refractivity contribution in [1.82, 2.24) is 0 Å². The Hall–Kier alpha value is -4.83. The second-order valence-corrected chi connectivity index (χ2v) is 10.8. The Bertz CT molecular complexity index is 1690. The summed E-state index contributed by atoms with van der Waals surface area (Å²) < 4.78 is 20.8. The van der Waals surface area contributed by atoms with E-state index in [-0.39, 0.29) is 11.6 Å². The molecule has 0 aliphatic rings. The van der Waals surface area contributed by atoms with Crippen LogP contribution in [-0.4, -0.2) is 11.8 Å². The number of halogens is 1. The lowest BCUT2D eigenvalue weighted by Gasteiger charge is -2.13. The van der Waals surface area contributed by atoms with Crippen LogP contribution in [0.5, 0.6) is 5.75 Å². The molecule has 0 heterocycles. The van der Waals surface area contributed by atoms with Crippen LogP contribution in [0.3, 0.4) is 0 Å². The molecule has 5 aromatic carbocycles. The molecular formula is C39H35FO3. The van der Waals surface area contributed by atoms with Crippen molar-refractivity contribution in [1.29, 1.82) is 0 Å². The Morgan fingerprint density at radius 1 is 0.698 bits per heavy atom. The second-order valence-electron chi connectivity index (χ2n) is 10.8. The minimum Gasteiger partial charge on any atom is -0.426 e. The van der Waals surface area contributed by atoms with E-state index in [2.05, 4.69) is 31.2 Å². The number of carbonyl (C=O) groups excluding carboxylic acids is 2. The van der Waals surface area contributed by atoms with E-state index in [9.17, 15) is 9.59 Å². The molecule has 0 saturated carbocycles. The number of unbranched alkanes of at least 4 members (excludes halogenated alkanes) is 2. The van der Waals surface area contributed by atoms with Gasteiger partial charge in [0.25, 0.3) is 0 Å². The van der Waals surface area contributed by atoms with Gasteiger partial charge in [-0.25, -0.2) is 4.39 Å². The van der Waals surface area contributed by atoms with Crippen LogP contribution in [0.4, 0.5) is 4.39 Å². The maximum atomic E-state index is 15.2. The molecule has 5 rings (SSSR count). The lowest BCUT2D eigenvalue weighted by Crippen LogP contribution is -2.16. The average Bonchev–Trinajstić information content (AvgIpc) is 3.05. The molecule has 0 amide bonds. The summed E-state index contributed by atoms with van der Waals surface area (Å²) in [5, 5.41) is 0. The summed E-state index contributed by atoms with van der Waals surface area (Å²) in [4.78, 5) is 25.8. The zero-order valence-electron chi connectivity index (χ0n) is 24.6. The van der Waals surface area contributed by atoms with Crippen molar-refractivity contribution in [2.24, 2.45) is 0 Å². The average molecular weight is 571 g/mol. The number of aryl methyl sites for hydroxylation is 1. The highest BCUT2D eigenvalue weighted by atomic mass is 19.1. The Labute approximate surface area is 253 Å². The van der Waals surface area contributed by atoms with E-state index in [1.165, 1.54) is 24.8 Å². The van der Waals surface area contributed by atoms with Gasteiger partial charge < -0.3 is 4.74 Å². The normalized spacial score (nSPS) is 11.6. The summed E-state index contributed by atoms with van der Waals surface area (Å²) in [5.41, 5.74) is 6.08. The molecule has 216 valence electrons. The molecule has 0 saturated heterocycles. The zero-order valence-corrected chi connectivity index (χ0v) is 24.6. The van der Waals surface area contributed by atoms with Crippen LogP contribution < -0.4 is 4.74 Å². The zero-order chi connectivity index (χ0) is 30.2. The van der Waals surface area contributed by atoms with E-state index in [0.29, 0.717) is 33.6 Å². The van der Waals surface area contributed by atoms with Gasteiger partial charge in [-0.05, 0) is 71.8 Å². The lowest BCUT2D eigenvalue weighted by atomic mass is 9.96. The van der Waals surface area contributed by atoms with Crippen LogP contribution >= 0.6 is 0 Å². The molecule has 0 radical (unpaired) electrons. The number of hydrogen-bond acceptors (Lipinski definition) is 3. The van der Waals surface area contributed by atoms with Crippen LogP contribution in [0.15, 0.2) is 121 Å².